The standard InChI is InChI=1S/C15H21N3/c1-11(2)18-10-17-14-9-12(5-6-15(14)18)8-13-4-3-7-16-13/h5-6,9-11,13,16H,3-4,7-8H2,1-2H3. The van der Waals surface area contributed by atoms with Gasteiger partial charge in [0.2, 0.25) is 0 Å². The maximum absolute atomic E-state index is 4.52. The van der Waals surface area contributed by atoms with Gasteiger partial charge < -0.3 is 9.88 Å². The van der Waals surface area contributed by atoms with Crippen LogP contribution < -0.4 is 5.32 Å². The van der Waals surface area contributed by atoms with Gasteiger partial charge in [0.25, 0.3) is 0 Å². The lowest BCUT2D eigenvalue weighted by Gasteiger charge is -2.11. The Morgan fingerprint density at radius 3 is 3.06 bits per heavy atom. The van der Waals surface area contributed by atoms with Crippen LogP contribution >= 0.6 is 0 Å². The molecule has 1 N–H and O–H groups in total. The largest absolute Gasteiger partial charge is 0.328 e. The molecule has 2 heterocycles. The van der Waals surface area contributed by atoms with E-state index >= 15 is 0 Å². The highest BCUT2D eigenvalue weighted by Gasteiger charge is 2.15. The first kappa shape index (κ1) is 11.7. The van der Waals surface area contributed by atoms with Gasteiger partial charge in [-0.2, -0.15) is 0 Å². The zero-order valence-corrected chi connectivity index (χ0v) is 11.2. The number of nitrogens with zero attached hydrogens (tertiary/aromatic N) is 2. The average Bonchev–Trinajstić information content (AvgIpc) is 2.97. The van der Waals surface area contributed by atoms with Gasteiger partial charge in [0.15, 0.2) is 0 Å². The van der Waals surface area contributed by atoms with Gasteiger partial charge in [-0.25, -0.2) is 4.98 Å². The molecule has 1 fully saturated rings. The minimum absolute atomic E-state index is 0.470. The van der Waals surface area contributed by atoms with Crippen LogP contribution in [0.1, 0.15) is 38.3 Å². The third-order valence-electron chi connectivity index (χ3n) is 3.84. The summed E-state index contributed by atoms with van der Waals surface area (Å²) in [5.41, 5.74) is 3.77. The van der Waals surface area contributed by atoms with E-state index in [2.05, 4.69) is 46.9 Å². The normalized spacial score (nSPS) is 20.1. The Morgan fingerprint density at radius 2 is 2.33 bits per heavy atom. The highest BCUT2D eigenvalue weighted by Crippen LogP contribution is 2.20. The molecule has 96 valence electrons. The maximum atomic E-state index is 4.52. The van der Waals surface area contributed by atoms with Crippen LogP contribution in [0.2, 0.25) is 0 Å². The second-order valence-electron chi connectivity index (χ2n) is 5.57. The summed E-state index contributed by atoms with van der Waals surface area (Å²) in [7, 11) is 0. The molecular weight excluding hydrogens is 222 g/mol. The Balaban J connectivity index is 1.87. The minimum Gasteiger partial charge on any atom is -0.328 e. The van der Waals surface area contributed by atoms with Gasteiger partial charge in [0, 0.05) is 12.1 Å². The van der Waals surface area contributed by atoms with Crippen molar-refractivity contribution in [3.05, 3.63) is 30.1 Å². The van der Waals surface area contributed by atoms with E-state index in [0.717, 1.165) is 11.9 Å². The van der Waals surface area contributed by atoms with Crippen molar-refractivity contribution in [2.75, 3.05) is 6.54 Å². The summed E-state index contributed by atoms with van der Waals surface area (Å²) >= 11 is 0. The maximum Gasteiger partial charge on any atom is 0.0960 e. The number of hydrogen-bond acceptors (Lipinski definition) is 2. The number of nitrogens with one attached hydrogen (secondary N) is 1. The molecule has 0 aliphatic carbocycles. The molecule has 1 atom stereocenters. The van der Waals surface area contributed by atoms with Crippen molar-refractivity contribution in [3.8, 4) is 0 Å². The fourth-order valence-electron chi connectivity index (χ4n) is 2.83. The quantitative estimate of drug-likeness (QED) is 0.898. The first-order valence-electron chi connectivity index (χ1n) is 6.93. The third-order valence-corrected chi connectivity index (χ3v) is 3.84. The molecule has 1 unspecified atom stereocenters. The summed E-state index contributed by atoms with van der Waals surface area (Å²) in [6.45, 7) is 5.56. The summed E-state index contributed by atoms with van der Waals surface area (Å²) < 4.78 is 2.23. The molecule has 0 amide bonds. The van der Waals surface area contributed by atoms with Crippen LogP contribution in [0.3, 0.4) is 0 Å². The Morgan fingerprint density at radius 1 is 1.44 bits per heavy atom. The topological polar surface area (TPSA) is 29.9 Å². The zero-order chi connectivity index (χ0) is 12.5. The first-order chi connectivity index (χ1) is 8.74. The van der Waals surface area contributed by atoms with Crippen molar-refractivity contribution in [1.29, 1.82) is 0 Å². The zero-order valence-electron chi connectivity index (χ0n) is 11.2. The molecule has 1 aliphatic heterocycles. The molecule has 3 nitrogen and oxygen atoms in total. The van der Waals surface area contributed by atoms with E-state index in [-0.39, 0.29) is 0 Å². The van der Waals surface area contributed by atoms with E-state index in [1.807, 2.05) is 6.33 Å². The average molecular weight is 243 g/mol. The van der Waals surface area contributed by atoms with Crippen LogP contribution in [0.4, 0.5) is 0 Å². The van der Waals surface area contributed by atoms with Gasteiger partial charge in [0.05, 0.1) is 17.4 Å². The van der Waals surface area contributed by atoms with Crippen molar-refractivity contribution in [2.45, 2.75) is 45.2 Å². The lowest BCUT2D eigenvalue weighted by molar-refractivity contribution is 0.603. The monoisotopic (exact) mass is 243 g/mol. The molecule has 2 aromatic rings. The van der Waals surface area contributed by atoms with Crippen molar-refractivity contribution in [1.82, 2.24) is 14.9 Å². The number of benzene rings is 1. The first-order valence-corrected chi connectivity index (χ1v) is 6.93. The molecular formula is C15H21N3. The Bertz CT molecular complexity index is 536. The molecule has 1 aromatic heterocycles. The van der Waals surface area contributed by atoms with Gasteiger partial charge in [-0.15, -0.1) is 0 Å². The van der Waals surface area contributed by atoms with Crippen molar-refractivity contribution >= 4 is 11.0 Å². The molecule has 0 radical (unpaired) electrons. The molecule has 0 bridgehead atoms. The molecule has 1 aliphatic rings. The van der Waals surface area contributed by atoms with E-state index < -0.39 is 0 Å². The summed E-state index contributed by atoms with van der Waals surface area (Å²) in [5.74, 6) is 0. The number of hydrogen-bond donors (Lipinski definition) is 1. The highest BCUT2D eigenvalue weighted by atomic mass is 15.1. The predicted octanol–water partition coefficient (Wildman–Crippen LogP) is 2.91. The fourth-order valence-corrected chi connectivity index (χ4v) is 2.83. The lowest BCUT2D eigenvalue weighted by atomic mass is 10.0. The third kappa shape index (κ3) is 2.15. The smallest absolute Gasteiger partial charge is 0.0960 e. The number of imidazole rings is 1. The second kappa shape index (κ2) is 4.73. The number of rotatable bonds is 3. The molecule has 1 aromatic carbocycles. The summed E-state index contributed by atoms with van der Waals surface area (Å²) in [6, 6.07) is 7.84. The fraction of sp³-hybridized carbons (Fsp3) is 0.533. The van der Waals surface area contributed by atoms with Crippen molar-refractivity contribution in [2.24, 2.45) is 0 Å². The van der Waals surface area contributed by atoms with Crippen LogP contribution in [0.25, 0.3) is 11.0 Å². The number of fused-ring (bicyclic) bond motifs is 1. The molecule has 1 saturated heterocycles. The molecule has 0 saturated carbocycles. The van der Waals surface area contributed by atoms with E-state index in [0.29, 0.717) is 12.1 Å². The van der Waals surface area contributed by atoms with E-state index in [9.17, 15) is 0 Å². The van der Waals surface area contributed by atoms with Crippen LogP contribution in [-0.2, 0) is 6.42 Å². The van der Waals surface area contributed by atoms with E-state index in [1.54, 1.807) is 0 Å². The van der Waals surface area contributed by atoms with Crippen molar-refractivity contribution in [3.63, 3.8) is 0 Å². The van der Waals surface area contributed by atoms with Crippen molar-refractivity contribution < 1.29 is 0 Å². The van der Waals surface area contributed by atoms with Gasteiger partial charge >= 0.3 is 0 Å². The summed E-state index contributed by atoms with van der Waals surface area (Å²) in [4.78, 5) is 4.52. The van der Waals surface area contributed by atoms with Crippen LogP contribution in [-0.4, -0.2) is 22.1 Å². The summed E-state index contributed by atoms with van der Waals surface area (Å²) in [5, 5.41) is 3.55. The van der Waals surface area contributed by atoms with Crippen LogP contribution in [0.15, 0.2) is 24.5 Å². The van der Waals surface area contributed by atoms with Crippen LogP contribution in [0.5, 0.6) is 0 Å². The second-order valence-corrected chi connectivity index (χ2v) is 5.57. The predicted molar refractivity (Wildman–Crippen MR) is 74.8 cm³/mol. The molecule has 3 heteroatoms. The van der Waals surface area contributed by atoms with Gasteiger partial charge in [0.1, 0.15) is 0 Å². The Labute approximate surface area is 108 Å². The molecule has 3 rings (SSSR count). The van der Waals surface area contributed by atoms with Crippen LogP contribution in [0, 0.1) is 0 Å². The minimum atomic E-state index is 0.470. The van der Waals surface area contributed by atoms with E-state index in [1.165, 1.54) is 30.5 Å². The van der Waals surface area contributed by atoms with Gasteiger partial charge in [-0.05, 0) is 57.4 Å². The number of aromatic nitrogens is 2. The van der Waals surface area contributed by atoms with E-state index in [4.69, 9.17) is 0 Å². The summed E-state index contributed by atoms with van der Waals surface area (Å²) in [6.07, 6.45) is 5.70. The Hall–Kier alpha value is -1.35. The van der Waals surface area contributed by atoms with Gasteiger partial charge in [-0.3, -0.25) is 0 Å². The Kier molecular flexibility index (Phi) is 3.08. The molecule has 0 spiro atoms. The highest BCUT2D eigenvalue weighted by molar-refractivity contribution is 5.76. The molecule has 18 heavy (non-hydrogen) atoms. The SMILES string of the molecule is CC(C)n1cnc2cc(CC3CCCN3)ccc21. The lowest BCUT2D eigenvalue weighted by Crippen LogP contribution is -2.23. The van der Waals surface area contributed by atoms with Gasteiger partial charge in [-0.1, -0.05) is 6.07 Å².